The van der Waals surface area contributed by atoms with Crippen molar-refractivity contribution in [2.75, 3.05) is 6.54 Å². The van der Waals surface area contributed by atoms with Crippen LogP contribution in [0.25, 0.3) is 0 Å². The van der Waals surface area contributed by atoms with Gasteiger partial charge in [0.05, 0.1) is 17.1 Å². The number of alkyl halides is 2. The standard InChI is InChI=1S/C9H5Cl2F4NO3S/c10-6-3(9(17)16-2-5(13)14)1-4(12)7(15)8(6)20(11,18)19/h1,5H,2H2,(H,16,17). The molecule has 0 unspecified atom stereocenters. The summed E-state index contributed by atoms with van der Waals surface area (Å²) >= 11 is 5.46. The molecule has 0 saturated carbocycles. The first-order valence-corrected chi connectivity index (χ1v) is 7.43. The summed E-state index contributed by atoms with van der Waals surface area (Å²) in [6.45, 7) is -1.07. The lowest BCUT2D eigenvalue weighted by molar-refractivity contribution is 0.0891. The van der Waals surface area contributed by atoms with Gasteiger partial charge in [-0.1, -0.05) is 11.6 Å². The molecular formula is C9H5Cl2F4NO3S. The Labute approximate surface area is 120 Å². The van der Waals surface area contributed by atoms with E-state index in [2.05, 4.69) is 0 Å². The largest absolute Gasteiger partial charge is 0.346 e. The highest BCUT2D eigenvalue weighted by molar-refractivity contribution is 8.13. The van der Waals surface area contributed by atoms with Crippen molar-refractivity contribution in [3.05, 3.63) is 28.3 Å². The predicted octanol–water partition coefficient (Wildman–Crippen LogP) is 2.54. The van der Waals surface area contributed by atoms with Crippen molar-refractivity contribution in [3.8, 4) is 0 Å². The number of benzene rings is 1. The second-order valence-corrected chi connectivity index (χ2v) is 6.28. The van der Waals surface area contributed by atoms with Crippen LogP contribution in [0.15, 0.2) is 11.0 Å². The quantitative estimate of drug-likeness (QED) is 0.514. The van der Waals surface area contributed by atoms with E-state index >= 15 is 0 Å². The van der Waals surface area contributed by atoms with Crippen LogP contribution in [0.5, 0.6) is 0 Å². The van der Waals surface area contributed by atoms with Gasteiger partial charge >= 0.3 is 0 Å². The van der Waals surface area contributed by atoms with Gasteiger partial charge in [0.25, 0.3) is 21.4 Å². The van der Waals surface area contributed by atoms with Crippen molar-refractivity contribution in [1.82, 2.24) is 5.32 Å². The summed E-state index contributed by atoms with van der Waals surface area (Å²) in [5.74, 6) is -4.87. The number of hydrogen-bond donors (Lipinski definition) is 1. The number of nitrogens with one attached hydrogen (secondary N) is 1. The van der Waals surface area contributed by atoms with Gasteiger partial charge in [-0.3, -0.25) is 4.79 Å². The third-order valence-corrected chi connectivity index (χ3v) is 3.86. The van der Waals surface area contributed by atoms with Crippen molar-refractivity contribution in [2.24, 2.45) is 0 Å². The molecule has 0 heterocycles. The van der Waals surface area contributed by atoms with Gasteiger partial charge in [-0.2, -0.15) is 0 Å². The third-order valence-electron chi connectivity index (χ3n) is 2.02. The molecule has 1 aromatic rings. The van der Waals surface area contributed by atoms with Gasteiger partial charge in [0.15, 0.2) is 11.6 Å². The van der Waals surface area contributed by atoms with Crippen LogP contribution in [-0.4, -0.2) is 27.3 Å². The maximum Gasteiger partial charge on any atom is 0.265 e. The molecule has 1 aromatic carbocycles. The van der Waals surface area contributed by atoms with Gasteiger partial charge in [-0.25, -0.2) is 26.0 Å². The molecular weight excluding hydrogens is 349 g/mol. The molecule has 0 saturated heterocycles. The Hall–Kier alpha value is -1.06. The smallest absolute Gasteiger partial charge is 0.265 e. The molecule has 0 atom stereocenters. The Kier molecular flexibility index (Phi) is 5.22. The van der Waals surface area contributed by atoms with E-state index in [0.717, 1.165) is 0 Å². The molecule has 0 aromatic heterocycles. The molecule has 112 valence electrons. The van der Waals surface area contributed by atoms with E-state index < -0.39 is 55.0 Å². The summed E-state index contributed by atoms with van der Waals surface area (Å²) in [6, 6.07) is 0.282. The van der Waals surface area contributed by atoms with E-state index in [1.807, 2.05) is 0 Å². The minimum Gasteiger partial charge on any atom is -0.346 e. The van der Waals surface area contributed by atoms with Crippen LogP contribution < -0.4 is 5.32 Å². The summed E-state index contributed by atoms with van der Waals surface area (Å²) < 4.78 is 72.6. The van der Waals surface area contributed by atoms with E-state index in [9.17, 15) is 30.8 Å². The topological polar surface area (TPSA) is 63.2 Å². The zero-order chi connectivity index (χ0) is 15.7. The number of carbonyl (C=O) groups excluding carboxylic acids is 1. The fourth-order valence-electron chi connectivity index (χ4n) is 1.22. The Morgan fingerprint density at radius 3 is 2.35 bits per heavy atom. The molecule has 11 heteroatoms. The highest BCUT2D eigenvalue weighted by Gasteiger charge is 2.28. The Bertz CT molecular complexity index is 651. The molecule has 0 radical (unpaired) electrons. The number of carbonyl (C=O) groups is 1. The summed E-state index contributed by atoms with van der Waals surface area (Å²) in [5.41, 5.74) is -0.828. The Balaban J connectivity index is 3.37. The number of halogens is 6. The van der Waals surface area contributed by atoms with Gasteiger partial charge in [-0.05, 0) is 6.07 Å². The van der Waals surface area contributed by atoms with Gasteiger partial charge in [-0.15, -0.1) is 0 Å². The summed E-state index contributed by atoms with van der Waals surface area (Å²) in [6.07, 6.45) is -2.89. The van der Waals surface area contributed by atoms with Crippen molar-refractivity contribution in [3.63, 3.8) is 0 Å². The number of amides is 1. The minimum atomic E-state index is -4.78. The molecule has 1 amide bonds. The fourth-order valence-corrected chi connectivity index (χ4v) is 2.94. The lowest BCUT2D eigenvalue weighted by Gasteiger charge is -2.10. The van der Waals surface area contributed by atoms with Crippen LogP contribution in [0, 0.1) is 11.6 Å². The average Bonchev–Trinajstić information content (AvgIpc) is 2.29. The molecule has 0 spiro atoms. The molecule has 0 aliphatic rings. The van der Waals surface area contributed by atoms with Crippen LogP contribution in [0.1, 0.15) is 10.4 Å². The van der Waals surface area contributed by atoms with Gasteiger partial charge in [0, 0.05) is 10.7 Å². The van der Waals surface area contributed by atoms with E-state index in [4.69, 9.17) is 22.3 Å². The monoisotopic (exact) mass is 353 g/mol. The fraction of sp³-hybridized carbons (Fsp3) is 0.222. The lowest BCUT2D eigenvalue weighted by Crippen LogP contribution is -2.29. The molecule has 0 bridgehead atoms. The van der Waals surface area contributed by atoms with E-state index in [1.54, 1.807) is 5.32 Å². The minimum absolute atomic E-state index is 0.282. The molecule has 20 heavy (non-hydrogen) atoms. The number of hydrogen-bond acceptors (Lipinski definition) is 3. The van der Waals surface area contributed by atoms with Gasteiger partial charge < -0.3 is 5.32 Å². The first-order valence-electron chi connectivity index (χ1n) is 4.74. The second-order valence-electron chi connectivity index (χ2n) is 3.40. The Morgan fingerprint density at radius 1 is 1.35 bits per heavy atom. The van der Waals surface area contributed by atoms with Crippen LogP contribution in [-0.2, 0) is 9.05 Å². The lowest BCUT2D eigenvalue weighted by atomic mass is 10.2. The molecule has 0 fully saturated rings. The van der Waals surface area contributed by atoms with E-state index in [-0.39, 0.29) is 6.07 Å². The highest BCUT2D eigenvalue weighted by atomic mass is 35.7. The summed E-state index contributed by atoms with van der Waals surface area (Å²) in [4.78, 5) is 10.0. The normalized spacial score (nSPS) is 11.8. The third kappa shape index (κ3) is 3.74. The predicted molar refractivity (Wildman–Crippen MR) is 62.7 cm³/mol. The van der Waals surface area contributed by atoms with Crippen molar-refractivity contribution < 1.29 is 30.8 Å². The molecule has 1 N–H and O–H groups in total. The van der Waals surface area contributed by atoms with E-state index in [1.165, 1.54) is 0 Å². The van der Waals surface area contributed by atoms with Crippen molar-refractivity contribution in [1.29, 1.82) is 0 Å². The molecule has 0 aliphatic heterocycles. The van der Waals surface area contributed by atoms with Crippen LogP contribution in [0.2, 0.25) is 5.02 Å². The van der Waals surface area contributed by atoms with Crippen LogP contribution >= 0.6 is 22.3 Å². The molecule has 0 aliphatic carbocycles. The zero-order valence-electron chi connectivity index (χ0n) is 9.26. The SMILES string of the molecule is O=C(NCC(F)F)c1cc(F)c(F)c(S(=O)(=O)Cl)c1Cl. The summed E-state index contributed by atoms with van der Waals surface area (Å²) in [7, 11) is 0.0978. The molecule has 1 rings (SSSR count). The van der Waals surface area contributed by atoms with Crippen LogP contribution in [0.4, 0.5) is 17.6 Å². The van der Waals surface area contributed by atoms with Crippen molar-refractivity contribution in [2.45, 2.75) is 11.3 Å². The van der Waals surface area contributed by atoms with Crippen molar-refractivity contribution >= 4 is 37.2 Å². The Morgan fingerprint density at radius 2 is 1.90 bits per heavy atom. The zero-order valence-corrected chi connectivity index (χ0v) is 11.6. The first-order chi connectivity index (χ1) is 9.05. The van der Waals surface area contributed by atoms with E-state index in [0.29, 0.717) is 0 Å². The number of rotatable bonds is 4. The second kappa shape index (κ2) is 6.15. The highest BCUT2D eigenvalue weighted by Crippen LogP contribution is 2.32. The van der Waals surface area contributed by atoms with Gasteiger partial charge in [0.2, 0.25) is 0 Å². The van der Waals surface area contributed by atoms with Gasteiger partial charge in [0.1, 0.15) is 4.90 Å². The summed E-state index contributed by atoms with van der Waals surface area (Å²) in [5, 5.41) is 0.669. The maximum atomic E-state index is 13.3. The average molecular weight is 354 g/mol. The maximum absolute atomic E-state index is 13.3. The van der Waals surface area contributed by atoms with Crippen LogP contribution in [0.3, 0.4) is 0 Å². The first kappa shape index (κ1) is 17.0. The molecule has 4 nitrogen and oxygen atoms in total.